The zero-order chi connectivity index (χ0) is 19.2. The molecule has 144 valence electrons. The molecule has 3 heterocycles. The molecule has 1 N–H and O–H groups in total. The van der Waals surface area contributed by atoms with Crippen LogP contribution in [0.4, 0.5) is 11.6 Å². The summed E-state index contributed by atoms with van der Waals surface area (Å²) in [7, 11) is 0. The van der Waals surface area contributed by atoms with Crippen LogP contribution >= 0.6 is 11.3 Å². The summed E-state index contributed by atoms with van der Waals surface area (Å²) in [6.07, 6.45) is 1.89. The number of aromatic nitrogens is 2. The molecular formula is C21H23N5OS. The number of nitrogens with zero attached hydrogens (tertiary/aromatic N) is 4. The van der Waals surface area contributed by atoms with Crippen molar-refractivity contribution in [2.24, 2.45) is 0 Å². The third-order valence-electron chi connectivity index (χ3n) is 4.78. The minimum absolute atomic E-state index is 0.0558. The molecule has 0 atom stereocenters. The van der Waals surface area contributed by atoms with Gasteiger partial charge in [0.25, 0.3) is 0 Å². The van der Waals surface area contributed by atoms with Crippen LogP contribution < -0.4 is 10.2 Å². The van der Waals surface area contributed by atoms with Gasteiger partial charge in [-0.2, -0.15) is 0 Å². The molecule has 1 saturated heterocycles. The Hall–Kier alpha value is -2.77. The van der Waals surface area contributed by atoms with E-state index >= 15 is 0 Å². The van der Waals surface area contributed by atoms with Gasteiger partial charge in [-0.25, -0.2) is 9.97 Å². The molecule has 6 nitrogen and oxygen atoms in total. The van der Waals surface area contributed by atoms with Crippen molar-refractivity contribution in [2.75, 3.05) is 36.4 Å². The number of hydrogen-bond donors (Lipinski definition) is 1. The second-order valence-corrected chi connectivity index (χ2v) is 7.85. The molecule has 0 aliphatic carbocycles. The van der Waals surface area contributed by atoms with Crippen LogP contribution in [-0.4, -0.2) is 47.0 Å². The normalized spacial score (nSPS) is 14.8. The van der Waals surface area contributed by atoms with Crippen LogP contribution in [0.2, 0.25) is 0 Å². The zero-order valence-electron chi connectivity index (χ0n) is 15.6. The van der Waals surface area contributed by atoms with E-state index in [0.29, 0.717) is 12.2 Å². The van der Waals surface area contributed by atoms with Gasteiger partial charge in [-0.15, -0.1) is 11.3 Å². The van der Waals surface area contributed by atoms with E-state index in [2.05, 4.69) is 49.4 Å². The number of rotatable bonds is 6. The summed E-state index contributed by atoms with van der Waals surface area (Å²) in [6.45, 7) is 4.76. The predicted octanol–water partition coefficient (Wildman–Crippen LogP) is 3.04. The first kappa shape index (κ1) is 18.6. The van der Waals surface area contributed by atoms with E-state index in [1.165, 1.54) is 11.9 Å². The third kappa shape index (κ3) is 4.94. The van der Waals surface area contributed by atoms with Crippen LogP contribution in [0.25, 0.3) is 0 Å². The Kier molecular flexibility index (Phi) is 5.94. The fourth-order valence-corrected chi connectivity index (χ4v) is 4.03. The molecule has 1 fully saturated rings. The summed E-state index contributed by atoms with van der Waals surface area (Å²) in [5, 5.41) is 4.86. The fraction of sp³-hybridized carbons (Fsp3) is 0.286. The lowest BCUT2D eigenvalue weighted by molar-refractivity contribution is -0.115. The SMILES string of the molecule is O=C(Cc1cccs1)Nc1cc(N2CCN(Cc3ccccc3)CC2)ncn1. The highest BCUT2D eigenvalue weighted by Crippen LogP contribution is 2.18. The number of carbonyl (C=O) groups excluding carboxylic acids is 1. The van der Waals surface area contributed by atoms with Crippen LogP contribution in [0.5, 0.6) is 0 Å². The van der Waals surface area contributed by atoms with Crippen LogP contribution in [0.3, 0.4) is 0 Å². The Morgan fingerprint density at radius 1 is 1.04 bits per heavy atom. The average Bonchev–Trinajstić information content (AvgIpc) is 3.22. The number of anilines is 2. The molecule has 0 saturated carbocycles. The van der Waals surface area contributed by atoms with E-state index in [9.17, 15) is 4.79 Å². The summed E-state index contributed by atoms with van der Waals surface area (Å²) in [5.41, 5.74) is 1.34. The quantitative estimate of drug-likeness (QED) is 0.698. The molecule has 1 aliphatic rings. The Bertz CT molecular complexity index is 892. The number of piperazine rings is 1. The highest BCUT2D eigenvalue weighted by molar-refractivity contribution is 7.10. The number of benzene rings is 1. The fourth-order valence-electron chi connectivity index (χ4n) is 3.32. The van der Waals surface area contributed by atoms with Gasteiger partial charge >= 0.3 is 0 Å². The second-order valence-electron chi connectivity index (χ2n) is 6.81. The maximum absolute atomic E-state index is 12.2. The average molecular weight is 394 g/mol. The Labute approximate surface area is 168 Å². The van der Waals surface area contributed by atoms with Gasteiger partial charge < -0.3 is 10.2 Å². The highest BCUT2D eigenvalue weighted by atomic mass is 32.1. The lowest BCUT2D eigenvalue weighted by Crippen LogP contribution is -2.46. The highest BCUT2D eigenvalue weighted by Gasteiger charge is 2.19. The van der Waals surface area contributed by atoms with E-state index in [0.717, 1.165) is 43.4 Å². The number of amides is 1. The lowest BCUT2D eigenvalue weighted by atomic mass is 10.2. The van der Waals surface area contributed by atoms with Gasteiger partial charge in [0.05, 0.1) is 6.42 Å². The molecule has 1 amide bonds. The maximum Gasteiger partial charge on any atom is 0.230 e. The summed E-state index contributed by atoms with van der Waals surface area (Å²) in [5.74, 6) is 1.36. The topological polar surface area (TPSA) is 61.4 Å². The first-order valence-corrected chi connectivity index (χ1v) is 10.3. The zero-order valence-corrected chi connectivity index (χ0v) is 16.4. The standard InChI is InChI=1S/C21H23N5OS/c27-21(13-18-7-4-12-28-18)24-19-14-20(23-16-22-19)26-10-8-25(9-11-26)15-17-5-2-1-3-6-17/h1-7,12,14,16H,8-11,13,15H2,(H,22,23,24,27). The van der Waals surface area contributed by atoms with E-state index in [1.807, 2.05) is 29.6 Å². The van der Waals surface area contributed by atoms with Gasteiger partial charge in [-0.3, -0.25) is 9.69 Å². The van der Waals surface area contributed by atoms with Crippen molar-refractivity contribution in [3.05, 3.63) is 70.7 Å². The van der Waals surface area contributed by atoms with Gasteiger partial charge in [-0.05, 0) is 17.0 Å². The summed E-state index contributed by atoms with van der Waals surface area (Å²) in [4.78, 5) is 26.5. The molecule has 3 aromatic rings. The molecule has 7 heteroatoms. The summed E-state index contributed by atoms with van der Waals surface area (Å²) in [6, 6.07) is 16.3. The Balaban J connectivity index is 1.31. The smallest absolute Gasteiger partial charge is 0.230 e. The molecule has 0 bridgehead atoms. The first-order valence-electron chi connectivity index (χ1n) is 9.42. The van der Waals surface area contributed by atoms with Gasteiger partial charge in [0, 0.05) is 43.7 Å². The summed E-state index contributed by atoms with van der Waals surface area (Å²) >= 11 is 1.58. The number of hydrogen-bond acceptors (Lipinski definition) is 6. The molecule has 4 rings (SSSR count). The largest absolute Gasteiger partial charge is 0.354 e. The van der Waals surface area contributed by atoms with Crippen LogP contribution in [0.15, 0.2) is 60.2 Å². The number of carbonyl (C=O) groups is 1. The van der Waals surface area contributed by atoms with Gasteiger partial charge in [0.1, 0.15) is 18.0 Å². The van der Waals surface area contributed by atoms with Crippen LogP contribution in [0, 0.1) is 0 Å². The van der Waals surface area contributed by atoms with Gasteiger partial charge in [0.2, 0.25) is 5.91 Å². The van der Waals surface area contributed by atoms with E-state index in [4.69, 9.17) is 0 Å². The molecule has 2 aromatic heterocycles. The van der Waals surface area contributed by atoms with Gasteiger partial charge in [0.15, 0.2) is 0 Å². The van der Waals surface area contributed by atoms with Crippen LogP contribution in [0.1, 0.15) is 10.4 Å². The van der Waals surface area contributed by atoms with Crippen molar-refractivity contribution in [3.63, 3.8) is 0 Å². The monoisotopic (exact) mass is 393 g/mol. The number of nitrogens with one attached hydrogen (secondary N) is 1. The minimum atomic E-state index is -0.0558. The van der Waals surface area contributed by atoms with Crippen molar-refractivity contribution in [1.29, 1.82) is 0 Å². The Morgan fingerprint density at radius 3 is 2.61 bits per heavy atom. The molecule has 0 unspecified atom stereocenters. The third-order valence-corrected chi connectivity index (χ3v) is 5.66. The summed E-state index contributed by atoms with van der Waals surface area (Å²) < 4.78 is 0. The molecule has 0 radical (unpaired) electrons. The van der Waals surface area contributed by atoms with Crippen molar-refractivity contribution in [1.82, 2.24) is 14.9 Å². The van der Waals surface area contributed by atoms with E-state index in [1.54, 1.807) is 11.3 Å². The lowest BCUT2D eigenvalue weighted by Gasteiger charge is -2.35. The first-order chi connectivity index (χ1) is 13.8. The minimum Gasteiger partial charge on any atom is -0.354 e. The van der Waals surface area contributed by atoms with Gasteiger partial charge in [-0.1, -0.05) is 36.4 Å². The van der Waals surface area contributed by atoms with Crippen molar-refractivity contribution >= 4 is 28.9 Å². The van der Waals surface area contributed by atoms with Crippen molar-refractivity contribution in [2.45, 2.75) is 13.0 Å². The van der Waals surface area contributed by atoms with Crippen molar-refractivity contribution in [3.8, 4) is 0 Å². The molecule has 28 heavy (non-hydrogen) atoms. The molecular weight excluding hydrogens is 370 g/mol. The van der Waals surface area contributed by atoms with Crippen molar-refractivity contribution < 1.29 is 4.79 Å². The predicted molar refractivity (Wildman–Crippen MR) is 113 cm³/mol. The maximum atomic E-state index is 12.2. The number of thiophene rings is 1. The second kappa shape index (κ2) is 8.95. The molecule has 0 spiro atoms. The van der Waals surface area contributed by atoms with E-state index < -0.39 is 0 Å². The van der Waals surface area contributed by atoms with Crippen LogP contribution in [-0.2, 0) is 17.8 Å². The van der Waals surface area contributed by atoms with E-state index in [-0.39, 0.29) is 5.91 Å². The molecule has 1 aliphatic heterocycles. The molecule has 1 aromatic carbocycles. The Morgan fingerprint density at radius 2 is 1.86 bits per heavy atom.